The predicted molar refractivity (Wildman–Crippen MR) is 60.6 cm³/mol. The molecule has 82 valence electrons. The summed E-state index contributed by atoms with van der Waals surface area (Å²) in [5, 5.41) is 7.80. The minimum absolute atomic E-state index is 0.908. The van der Waals surface area contributed by atoms with Crippen molar-refractivity contribution in [2.75, 3.05) is 11.9 Å². The van der Waals surface area contributed by atoms with E-state index < -0.39 is 0 Å². The van der Waals surface area contributed by atoms with Crippen LogP contribution in [0.15, 0.2) is 12.3 Å². The fourth-order valence-electron chi connectivity index (χ4n) is 3.37. The van der Waals surface area contributed by atoms with Gasteiger partial charge in [0.25, 0.3) is 0 Å². The smallest absolute Gasteiger partial charge is 0.147 e. The normalized spacial score (nSPS) is 33.5. The molecule has 0 radical (unpaired) electrons. The van der Waals surface area contributed by atoms with E-state index in [1.54, 1.807) is 0 Å². The Bertz CT molecular complexity index is 344. The topological polar surface area (TPSA) is 29.9 Å². The third-order valence-electron chi connectivity index (χ3n) is 4.14. The Labute approximate surface area is 90.9 Å². The lowest BCUT2D eigenvalue weighted by molar-refractivity contribution is 0.348. The second-order valence-electron chi connectivity index (χ2n) is 5.19. The zero-order valence-corrected chi connectivity index (χ0v) is 9.32. The van der Waals surface area contributed by atoms with Gasteiger partial charge in [0.05, 0.1) is 0 Å². The average Bonchev–Trinajstić information content (AvgIpc) is 2.90. The molecule has 2 aliphatic rings. The Balaban J connectivity index is 1.54. The van der Waals surface area contributed by atoms with Gasteiger partial charge < -0.3 is 5.32 Å². The van der Waals surface area contributed by atoms with E-state index in [4.69, 9.17) is 0 Å². The van der Waals surface area contributed by atoms with E-state index >= 15 is 0 Å². The molecule has 2 fully saturated rings. The Hall–Kier alpha value is -0.990. The fourth-order valence-corrected chi connectivity index (χ4v) is 3.37. The molecule has 0 amide bonds. The summed E-state index contributed by atoms with van der Waals surface area (Å²) in [4.78, 5) is 0. The van der Waals surface area contributed by atoms with Gasteiger partial charge in [-0.15, -0.1) is 0 Å². The summed E-state index contributed by atoms with van der Waals surface area (Å²) >= 11 is 0. The summed E-state index contributed by atoms with van der Waals surface area (Å²) in [6, 6.07) is 2.05. The molecule has 3 unspecified atom stereocenters. The maximum Gasteiger partial charge on any atom is 0.147 e. The summed E-state index contributed by atoms with van der Waals surface area (Å²) < 4.78 is 1.85. The number of aryl methyl sites for hydroxylation is 1. The highest BCUT2D eigenvalue weighted by molar-refractivity contribution is 5.32. The van der Waals surface area contributed by atoms with Crippen LogP contribution in [-0.4, -0.2) is 16.3 Å². The average molecular weight is 205 g/mol. The monoisotopic (exact) mass is 205 g/mol. The minimum atomic E-state index is 0.908. The molecule has 1 N–H and O–H groups in total. The molecule has 1 aromatic rings. The van der Waals surface area contributed by atoms with Crippen LogP contribution in [0.3, 0.4) is 0 Å². The molecule has 3 rings (SSSR count). The van der Waals surface area contributed by atoms with Crippen LogP contribution in [-0.2, 0) is 7.05 Å². The highest BCUT2D eigenvalue weighted by Gasteiger charge is 2.39. The van der Waals surface area contributed by atoms with Crippen molar-refractivity contribution in [2.45, 2.75) is 25.7 Å². The van der Waals surface area contributed by atoms with Crippen LogP contribution in [0.4, 0.5) is 5.82 Å². The Morgan fingerprint density at radius 1 is 1.47 bits per heavy atom. The summed E-state index contributed by atoms with van der Waals surface area (Å²) in [5.74, 6) is 3.99. The van der Waals surface area contributed by atoms with Crippen LogP contribution in [0.2, 0.25) is 0 Å². The lowest BCUT2D eigenvalue weighted by Crippen LogP contribution is -2.20. The van der Waals surface area contributed by atoms with Crippen molar-refractivity contribution in [1.82, 2.24) is 9.78 Å². The summed E-state index contributed by atoms with van der Waals surface area (Å²) in [7, 11) is 1.96. The number of hydrogen-bond acceptors (Lipinski definition) is 2. The first-order valence-electron chi connectivity index (χ1n) is 6.05. The SMILES string of the molecule is Cn1ccc(NCC2CC3CCC2C3)n1. The minimum Gasteiger partial charge on any atom is -0.368 e. The molecule has 0 aromatic carbocycles. The fraction of sp³-hybridized carbons (Fsp3) is 0.750. The first-order chi connectivity index (χ1) is 7.31. The highest BCUT2D eigenvalue weighted by Crippen LogP contribution is 2.48. The van der Waals surface area contributed by atoms with Gasteiger partial charge in [0.1, 0.15) is 5.82 Å². The molecule has 2 aliphatic carbocycles. The molecule has 3 nitrogen and oxygen atoms in total. The van der Waals surface area contributed by atoms with E-state index in [-0.39, 0.29) is 0 Å². The maximum atomic E-state index is 4.34. The first-order valence-corrected chi connectivity index (χ1v) is 6.05. The zero-order chi connectivity index (χ0) is 10.3. The van der Waals surface area contributed by atoms with Crippen LogP contribution >= 0.6 is 0 Å². The lowest BCUT2D eigenvalue weighted by atomic mass is 9.89. The molecule has 1 aromatic heterocycles. The molecule has 3 atom stereocenters. The largest absolute Gasteiger partial charge is 0.368 e. The number of nitrogens with zero attached hydrogens (tertiary/aromatic N) is 2. The number of hydrogen-bond donors (Lipinski definition) is 1. The van der Waals surface area contributed by atoms with Gasteiger partial charge in [0.15, 0.2) is 0 Å². The van der Waals surface area contributed by atoms with Gasteiger partial charge >= 0.3 is 0 Å². The molecule has 1 heterocycles. The van der Waals surface area contributed by atoms with Crippen LogP contribution in [0.25, 0.3) is 0 Å². The third-order valence-corrected chi connectivity index (χ3v) is 4.14. The van der Waals surface area contributed by atoms with Crippen molar-refractivity contribution in [3.63, 3.8) is 0 Å². The van der Waals surface area contributed by atoms with Crippen LogP contribution in [0, 0.1) is 17.8 Å². The van der Waals surface area contributed by atoms with Crippen LogP contribution < -0.4 is 5.32 Å². The lowest BCUT2D eigenvalue weighted by Gasteiger charge is -2.21. The summed E-state index contributed by atoms with van der Waals surface area (Å²) in [6.45, 7) is 1.12. The van der Waals surface area contributed by atoms with Crippen molar-refractivity contribution in [3.8, 4) is 0 Å². The number of nitrogens with one attached hydrogen (secondary N) is 1. The number of aromatic nitrogens is 2. The van der Waals surface area contributed by atoms with E-state index in [9.17, 15) is 0 Å². The van der Waals surface area contributed by atoms with E-state index in [0.717, 1.165) is 30.1 Å². The van der Waals surface area contributed by atoms with Crippen LogP contribution in [0.1, 0.15) is 25.7 Å². The Kier molecular flexibility index (Phi) is 2.19. The quantitative estimate of drug-likeness (QED) is 0.820. The van der Waals surface area contributed by atoms with Gasteiger partial charge in [0.2, 0.25) is 0 Å². The van der Waals surface area contributed by atoms with Gasteiger partial charge in [-0.2, -0.15) is 5.10 Å². The van der Waals surface area contributed by atoms with E-state index in [1.165, 1.54) is 25.7 Å². The molecular formula is C12H19N3. The molecule has 0 saturated heterocycles. The molecule has 0 aliphatic heterocycles. The molecule has 2 bridgehead atoms. The molecule has 15 heavy (non-hydrogen) atoms. The van der Waals surface area contributed by atoms with E-state index in [0.29, 0.717) is 0 Å². The third kappa shape index (κ3) is 1.75. The van der Waals surface area contributed by atoms with Gasteiger partial charge in [-0.05, 0) is 37.0 Å². The van der Waals surface area contributed by atoms with Crippen molar-refractivity contribution < 1.29 is 0 Å². The van der Waals surface area contributed by atoms with E-state index in [2.05, 4.69) is 10.4 Å². The van der Waals surface area contributed by atoms with Crippen LogP contribution in [0.5, 0.6) is 0 Å². The van der Waals surface area contributed by atoms with Gasteiger partial charge in [-0.1, -0.05) is 6.42 Å². The second-order valence-corrected chi connectivity index (χ2v) is 5.19. The maximum absolute atomic E-state index is 4.34. The van der Waals surface area contributed by atoms with Crippen molar-refractivity contribution in [3.05, 3.63) is 12.3 Å². The first kappa shape index (κ1) is 9.25. The summed E-state index contributed by atoms with van der Waals surface area (Å²) in [6.07, 6.45) is 7.90. The summed E-state index contributed by atoms with van der Waals surface area (Å²) in [5.41, 5.74) is 0. The van der Waals surface area contributed by atoms with E-state index in [1.807, 2.05) is 24.0 Å². The van der Waals surface area contributed by atoms with Gasteiger partial charge in [-0.25, -0.2) is 0 Å². The molecule has 3 heteroatoms. The number of fused-ring (bicyclic) bond motifs is 2. The van der Waals surface area contributed by atoms with Gasteiger partial charge in [0, 0.05) is 25.9 Å². The molecule has 2 saturated carbocycles. The van der Waals surface area contributed by atoms with Crippen molar-refractivity contribution in [1.29, 1.82) is 0 Å². The molecular weight excluding hydrogens is 186 g/mol. The highest BCUT2D eigenvalue weighted by atomic mass is 15.3. The zero-order valence-electron chi connectivity index (χ0n) is 9.32. The number of anilines is 1. The molecule has 0 spiro atoms. The Morgan fingerprint density at radius 2 is 2.40 bits per heavy atom. The van der Waals surface area contributed by atoms with Gasteiger partial charge in [-0.3, -0.25) is 4.68 Å². The predicted octanol–water partition coefficient (Wildman–Crippen LogP) is 2.27. The number of rotatable bonds is 3. The second kappa shape index (κ2) is 3.54. The standard InChI is InChI=1S/C12H19N3/c1-15-5-4-12(14-15)13-8-11-7-9-2-3-10(11)6-9/h4-5,9-11H,2-3,6-8H2,1H3,(H,13,14). The van der Waals surface area contributed by atoms with Crippen molar-refractivity contribution in [2.24, 2.45) is 24.8 Å². The van der Waals surface area contributed by atoms with Crippen molar-refractivity contribution >= 4 is 5.82 Å². The Morgan fingerprint density at radius 3 is 3.00 bits per heavy atom.